The van der Waals surface area contributed by atoms with Crippen LogP contribution in [0.15, 0.2) is 30.3 Å². The second-order valence-electron chi connectivity index (χ2n) is 16.9. The standard InChI is InChI=1S/C41H62N6O10/c1-8-15-28(35(51)38(54)43-23-32(49)44-29(36(42)52)22-33(50)57-41(5,6)7)45-37(53)30-21-27(56-40(2,3)4)24-47(30)39(55)34(26-18-13-10-14-19-26)46-31(48)20-25-16-11-9-12-17-25/h9,11-12,16-17,26-30,34H,8,10,13-15,18-24H2,1-7H3,(H2,42,52)(H,43,54)(H,44,49)(H,45,53)(H,46,48). The van der Waals surface area contributed by atoms with Crippen molar-refractivity contribution >= 4 is 47.2 Å². The maximum Gasteiger partial charge on any atom is 0.308 e. The summed E-state index contributed by atoms with van der Waals surface area (Å²) < 4.78 is 11.4. The fraction of sp³-hybridized carbons (Fsp3) is 0.659. The number of nitrogens with zero attached hydrogens (tertiary/aromatic N) is 1. The predicted molar refractivity (Wildman–Crippen MR) is 210 cm³/mol. The van der Waals surface area contributed by atoms with Gasteiger partial charge in [0.05, 0.1) is 37.1 Å². The first-order valence-corrected chi connectivity index (χ1v) is 19.9. The van der Waals surface area contributed by atoms with Gasteiger partial charge in [-0.1, -0.05) is 62.9 Å². The molecule has 1 heterocycles. The number of benzene rings is 1. The molecule has 1 aliphatic heterocycles. The molecule has 1 aliphatic carbocycles. The first-order valence-electron chi connectivity index (χ1n) is 19.9. The van der Waals surface area contributed by atoms with Gasteiger partial charge in [0, 0.05) is 13.0 Å². The fourth-order valence-corrected chi connectivity index (χ4v) is 7.16. The summed E-state index contributed by atoms with van der Waals surface area (Å²) in [4.78, 5) is 107. The van der Waals surface area contributed by atoms with Gasteiger partial charge in [0.1, 0.15) is 23.7 Å². The number of hydrogen-bond acceptors (Lipinski definition) is 10. The lowest BCUT2D eigenvalue weighted by molar-refractivity contribution is -0.156. The number of carbonyl (C=O) groups excluding carboxylic acids is 8. The molecule has 1 aromatic carbocycles. The van der Waals surface area contributed by atoms with Gasteiger partial charge in [-0.25, -0.2) is 0 Å². The molecule has 0 spiro atoms. The van der Waals surface area contributed by atoms with Gasteiger partial charge in [0.25, 0.3) is 5.91 Å². The summed E-state index contributed by atoms with van der Waals surface area (Å²) in [5.41, 5.74) is 4.71. The van der Waals surface area contributed by atoms with Crippen LogP contribution in [0.4, 0.5) is 0 Å². The number of ether oxygens (including phenoxy) is 2. The predicted octanol–water partition coefficient (Wildman–Crippen LogP) is 1.75. The van der Waals surface area contributed by atoms with E-state index in [9.17, 15) is 38.4 Å². The quantitative estimate of drug-likeness (QED) is 0.107. The Balaban J connectivity index is 1.75. The minimum absolute atomic E-state index is 0.0760. The van der Waals surface area contributed by atoms with Gasteiger partial charge in [0.2, 0.25) is 35.3 Å². The smallest absolute Gasteiger partial charge is 0.308 e. The Labute approximate surface area is 335 Å². The Morgan fingerprint density at radius 3 is 2.07 bits per heavy atom. The van der Waals surface area contributed by atoms with E-state index in [2.05, 4.69) is 21.3 Å². The van der Waals surface area contributed by atoms with Crippen molar-refractivity contribution in [2.45, 2.75) is 154 Å². The van der Waals surface area contributed by atoms with Crippen molar-refractivity contribution in [1.82, 2.24) is 26.2 Å². The Morgan fingerprint density at radius 1 is 0.842 bits per heavy atom. The normalized spacial score (nSPS) is 19.0. The third-order valence-electron chi connectivity index (χ3n) is 9.59. The molecule has 0 aromatic heterocycles. The van der Waals surface area contributed by atoms with E-state index >= 15 is 0 Å². The maximum absolute atomic E-state index is 14.6. The van der Waals surface area contributed by atoms with E-state index in [1.165, 1.54) is 4.90 Å². The van der Waals surface area contributed by atoms with E-state index in [0.29, 0.717) is 6.42 Å². The zero-order valence-electron chi connectivity index (χ0n) is 34.4. The first-order chi connectivity index (χ1) is 26.7. The van der Waals surface area contributed by atoms with Crippen LogP contribution < -0.4 is 27.0 Å². The van der Waals surface area contributed by atoms with Crippen LogP contribution in [0.2, 0.25) is 0 Å². The van der Waals surface area contributed by atoms with Crippen LogP contribution in [0.25, 0.3) is 0 Å². The molecule has 2 aliphatic rings. The summed E-state index contributed by atoms with van der Waals surface area (Å²) in [6.07, 6.45) is 3.92. The molecule has 2 fully saturated rings. The van der Waals surface area contributed by atoms with E-state index in [1.807, 2.05) is 51.1 Å². The monoisotopic (exact) mass is 798 g/mol. The number of esters is 1. The molecule has 0 radical (unpaired) electrons. The van der Waals surface area contributed by atoms with Crippen LogP contribution in [0.3, 0.4) is 0 Å². The summed E-state index contributed by atoms with van der Waals surface area (Å²) in [5, 5.41) is 10.1. The van der Waals surface area contributed by atoms with Gasteiger partial charge in [-0.2, -0.15) is 0 Å². The molecular weight excluding hydrogens is 736 g/mol. The minimum Gasteiger partial charge on any atom is -0.460 e. The molecule has 6 N–H and O–H groups in total. The molecule has 1 saturated carbocycles. The summed E-state index contributed by atoms with van der Waals surface area (Å²) >= 11 is 0. The fourth-order valence-electron chi connectivity index (χ4n) is 7.16. The van der Waals surface area contributed by atoms with Crippen molar-refractivity contribution in [3.05, 3.63) is 35.9 Å². The van der Waals surface area contributed by atoms with Crippen molar-refractivity contribution in [1.29, 1.82) is 0 Å². The second kappa shape index (κ2) is 21.1. The Hall–Kier alpha value is -4.86. The number of carbonyl (C=O) groups is 8. The summed E-state index contributed by atoms with van der Waals surface area (Å²) in [7, 11) is 0. The molecule has 1 aromatic rings. The third kappa shape index (κ3) is 15.5. The number of hydrogen-bond donors (Lipinski definition) is 5. The summed E-state index contributed by atoms with van der Waals surface area (Å²) in [5.74, 6) is -6.39. The number of nitrogens with one attached hydrogen (secondary N) is 4. The number of likely N-dealkylation sites (tertiary alicyclic amines) is 1. The number of ketones is 1. The lowest BCUT2D eigenvalue weighted by Gasteiger charge is -2.35. The van der Waals surface area contributed by atoms with Gasteiger partial charge >= 0.3 is 5.97 Å². The number of amides is 6. The van der Waals surface area contributed by atoms with E-state index in [0.717, 1.165) is 37.7 Å². The van der Waals surface area contributed by atoms with Crippen LogP contribution in [-0.2, 0) is 54.3 Å². The van der Waals surface area contributed by atoms with Gasteiger partial charge in [0.15, 0.2) is 0 Å². The third-order valence-corrected chi connectivity index (χ3v) is 9.59. The van der Waals surface area contributed by atoms with E-state index < -0.39 is 95.7 Å². The SMILES string of the molecule is CCCC(NC(=O)C1CC(OC(C)(C)C)CN1C(=O)C(NC(=O)Cc1ccccc1)C1CCCCC1)C(=O)C(=O)NCC(=O)NC(CC(=O)OC(C)(C)C)C(N)=O. The van der Waals surface area contributed by atoms with Crippen molar-refractivity contribution in [2.75, 3.05) is 13.1 Å². The lowest BCUT2D eigenvalue weighted by atomic mass is 9.83. The highest BCUT2D eigenvalue weighted by Crippen LogP contribution is 2.31. The van der Waals surface area contributed by atoms with E-state index in [1.54, 1.807) is 27.7 Å². The van der Waals surface area contributed by atoms with Crippen LogP contribution in [-0.4, -0.2) is 107 Å². The summed E-state index contributed by atoms with van der Waals surface area (Å²) in [6.45, 7) is 11.6. The van der Waals surface area contributed by atoms with Crippen LogP contribution in [0, 0.1) is 5.92 Å². The Kier molecular flexibility index (Phi) is 17.2. The first kappa shape index (κ1) is 46.5. The van der Waals surface area contributed by atoms with Crippen molar-refractivity contribution in [2.24, 2.45) is 11.7 Å². The number of nitrogens with two attached hydrogens (primary N) is 1. The van der Waals surface area contributed by atoms with E-state index in [-0.39, 0.29) is 37.6 Å². The van der Waals surface area contributed by atoms with Crippen molar-refractivity contribution in [3.8, 4) is 0 Å². The Morgan fingerprint density at radius 2 is 1.49 bits per heavy atom. The topological polar surface area (TPSA) is 232 Å². The van der Waals surface area contributed by atoms with Crippen LogP contribution in [0.1, 0.15) is 112 Å². The molecular formula is C41H62N6O10. The molecule has 1 saturated heterocycles. The van der Waals surface area contributed by atoms with Gasteiger partial charge < -0.3 is 41.4 Å². The molecule has 57 heavy (non-hydrogen) atoms. The molecule has 3 rings (SSSR count). The average molecular weight is 799 g/mol. The van der Waals surface area contributed by atoms with Gasteiger partial charge in [-0.05, 0) is 72.3 Å². The molecule has 16 nitrogen and oxygen atoms in total. The van der Waals surface area contributed by atoms with Gasteiger partial charge in [-0.3, -0.25) is 38.4 Å². The van der Waals surface area contributed by atoms with Crippen LogP contribution in [0.5, 0.6) is 0 Å². The largest absolute Gasteiger partial charge is 0.460 e. The number of primary amides is 1. The highest BCUT2D eigenvalue weighted by Gasteiger charge is 2.46. The van der Waals surface area contributed by atoms with Crippen LogP contribution >= 0.6 is 0 Å². The number of rotatable bonds is 18. The lowest BCUT2D eigenvalue weighted by Crippen LogP contribution is -2.58. The number of Topliss-reactive ketones (excluding diaryl/α,β-unsaturated/α-hetero) is 1. The highest BCUT2D eigenvalue weighted by atomic mass is 16.6. The highest BCUT2D eigenvalue weighted by molar-refractivity contribution is 6.38. The van der Waals surface area contributed by atoms with Crippen molar-refractivity contribution < 1.29 is 47.8 Å². The van der Waals surface area contributed by atoms with E-state index in [4.69, 9.17) is 15.2 Å². The molecule has 6 amide bonds. The second-order valence-corrected chi connectivity index (χ2v) is 16.9. The molecule has 5 atom stereocenters. The average Bonchev–Trinajstić information content (AvgIpc) is 3.54. The van der Waals surface area contributed by atoms with Gasteiger partial charge in [-0.15, -0.1) is 0 Å². The Bertz CT molecular complexity index is 1600. The summed E-state index contributed by atoms with van der Waals surface area (Å²) in [6, 6.07) is 4.53. The van der Waals surface area contributed by atoms with Crippen molar-refractivity contribution in [3.63, 3.8) is 0 Å². The zero-order chi connectivity index (χ0) is 42.5. The molecule has 316 valence electrons. The minimum atomic E-state index is -1.43. The maximum atomic E-state index is 14.6. The molecule has 16 heteroatoms. The molecule has 0 bridgehead atoms. The zero-order valence-corrected chi connectivity index (χ0v) is 34.4. The molecule has 5 unspecified atom stereocenters.